The van der Waals surface area contributed by atoms with Crippen molar-refractivity contribution in [2.45, 2.75) is 27.3 Å². The van der Waals surface area contributed by atoms with Crippen molar-refractivity contribution in [2.24, 2.45) is 0 Å². The quantitative estimate of drug-likeness (QED) is 0.545. The van der Waals surface area contributed by atoms with Crippen LogP contribution in [-0.2, 0) is 13.3 Å². The van der Waals surface area contributed by atoms with Gasteiger partial charge >= 0.3 is 8.80 Å². The third kappa shape index (κ3) is 8.64. The van der Waals surface area contributed by atoms with Crippen LogP contribution in [0.5, 0.6) is 0 Å². The summed E-state index contributed by atoms with van der Waals surface area (Å²) in [6.07, 6.45) is 0. The van der Waals surface area contributed by atoms with Gasteiger partial charge < -0.3 is 13.3 Å². The molecule has 0 aromatic heterocycles. The summed E-state index contributed by atoms with van der Waals surface area (Å²) in [6, 6.07) is 0. The molecular weight excluding hydrogens is 231 g/mol. The number of thiocarbonyl (C=S) groups is 1. The summed E-state index contributed by atoms with van der Waals surface area (Å²) in [4.78, 5) is 0. The molecule has 0 rings (SSSR count). The van der Waals surface area contributed by atoms with E-state index in [2.05, 4.69) is 0 Å². The third-order valence-electron chi connectivity index (χ3n) is 1.14. The van der Waals surface area contributed by atoms with Gasteiger partial charge in [-0.05, 0) is 26.1 Å². The van der Waals surface area contributed by atoms with E-state index in [9.17, 15) is 0 Å². The van der Waals surface area contributed by atoms with Crippen LogP contribution in [0.2, 0.25) is 6.55 Å². The van der Waals surface area contributed by atoms with Gasteiger partial charge in [0, 0.05) is 78.1 Å². The third-order valence-corrected chi connectivity index (χ3v) is 3.68. The van der Waals surface area contributed by atoms with E-state index < -0.39 is 8.80 Å². The fourth-order valence-corrected chi connectivity index (χ4v) is 3.11. The van der Waals surface area contributed by atoms with Crippen molar-refractivity contribution in [3.8, 4) is 0 Å². The summed E-state index contributed by atoms with van der Waals surface area (Å²) >= 11 is 4.82. The van der Waals surface area contributed by atoms with Gasteiger partial charge in [0.05, 0.1) is 0 Å². The van der Waals surface area contributed by atoms with Crippen molar-refractivity contribution >= 4 is 77.5 Å². The standard InChI is InChI=1S/C7H16O3SSi.K/c1-5-8-12(4,9-6-2)10-7(3)11;/h5-6H2,1-4H3;. The Kier molecular flexibility index (Phi) is 11.7. The maximum Gasteiger partial charge on any atom is 0.563 e. The minimum Gasteiger partial charge on any atom is -0.495 e. The summed E-state index contributed by atoms with van der Waals surface area (Å²) in [7, 11) is -2.45. The zero-order valence-corrected chi connectivity index (χ0v) is 14.0. The molecule has 0 saturated carbocycles. The van der Waals surface area contributed by atoms with Gasteiger partial charge in [0.2, 0.25) is 0 Å². The van der Waals surface area contributed by atoms with Gasteiger partial charge in [0.15, 0.2) is 0 Å². The molecule has 0 aliphatic carbocycles. The molecule has 13 heavy (non-hydrogen) atoms. The van der Waals surface area contributed by atoms with Gasteiger partial charge in [-0.25, -0.2) is 0 Å². The number of hydrogen-bond acceptors (Lipinski definition) is 4. The van der Waals surface area contributed by atoms with Crippen LogP contribution in [0.15, 0.2) is 0 Å². The Morgan fingerprint density at radius 2 is 1.62 bits per heavy atom. The fourth-order valence-electron chi connectivity index (χ4n) is 0.886. The molecule has 0 saturated heterocycles. The Hall–Kier alpha value is 1.66. The summed E-state index contributed by atoms with van der Waals surface area (Å²) < 4.78 is 16.1. The van der Waals surface area contributed by atoms with Gasteiger partial charge in [-0.1, -0.05) is 0 Å². The second kappa shape index (κ2) is 8.93. The van der Waals surface area contributed by atoms with E-state index in [0.29, 0.717) is 18.3 Å². The number of rotatable bonds is 5. The molecule has 0 aromatic rings. The molecule has 6 heteroatoms. The zero-order chi connectivity index (χ0) is 9.61. The van der Waals surface area contributed by atoms with Crippen LogP contribution < -0.4 is 0 Å². The molecule has 0 N–H and O–H groups in total. The molecule has 0 aliphatic rings. The molecule has 0 bridgehead atoms. The molecule has 1 radical (unpaired) electrons. The van der Waals surface area contributed by atoms with Crippen LogP contribution in [-0.4, -0.2) is 78.5 Å². The largest absolute Gasteiger partial charge is 0.563 e. The van der Waals surface area contributed by atoms with Crippen molar-refractivity contribution in [3.05, 3.63) is 0 Å². The molecule has 0 unspecified atom stereocenters. The first-order chi connectivity index (χ1) is 5.54. The van der Waals surface area contributed by atoms with Crippen molar-refractivity contribution in [1.82, 2.24) is 0 Å². The molecule has 0 spiro atoms. The molecule has 3 nitrogen and oxygen atoms in total. The Labute approximate surface area is 129 Å². The fraction of sp³-hybridized carbons (Fsp3) is 0.857. The Morgan fingerprint density at radius 3 is 1.85 bits per heavy atom. The average molecular weight is 247 g/mol. The van der Waals surface area contributed by atoms with Crippen LogP contribution in [0.3, 0.4) is 0 Å². The first-order valence-electron chi connectivity index (χ1n) is 4.01. The van der Waals surface area contributed by atoms with Crippen molar-refractivity contribution in [2.75, 3.05) is 13.2 Å². The minimum absolute atomic E-state index is 0. The summed E-state index contributed by atoms with van der Waals surface area (Å²) in [5.74, 6) is 0. The Balaban J connectivity index is 0. The maximum absolute atomic E-state index is 5.39. The van der Waals surface area contributed by atoms with Crippen molar-refractivity contribution in [3.63, 3.8) is 0 Å². The molecule has 0 aromatic carbocycles. The average Bonchev–Trinajstić information content (AvgIpc) is 1.85. The van der Waals surface area contributed by atoms with Gasteiger partial charge in [0.25, 0.3) is 0 Å². The van der Waals surface area contributed by atoms with Gasteiger partial charge in [-0.3, -0.25) is 0 Å². The minimum atomic E-state index is -2.45. The number of hydrogen-bond donors (Lipinski definition) is 0. The predicted octanol–water partition coefficient (Wildman–Crippen LogP) is 1.61. The summed E-state index contributed by atoms with van der Waals surface area (Å²) in [5.41, 5.74) is 0. The van der Waals surface area contributed by atoms with E-state index in [1.165, 1.54) is 0 Å². The van der Waals surface area contributed by atoms with Crippen LogP contribution in [0.4, 0.5) is 0 Å². The Morgan fingerprint density at radius 1 is 1.23 bits per heavy atom. The second-order valence-electron chi connectivity index (χ2n) is 2.32. The van der Waals surface area contributed by atoms with Crippen LogP contribution in [0.1, 0.15) is 20.8 Å². The maximum atomic E-state index is 5.39. The van der Waals surface area contributed by atoms with Crippen molar-refractivity contribution < 1.29 is 13.3 Å². The molecule has 0 fully saturated rings. The smallest absolute Gasteiger partial charge is 0.495 e. The van der Waals surface area contributed by atoms with Gasteiger partial charge in [-0.2, -0.15) is 0 Å². The van der Waals surface area contributed by atoms with E-state index in [1.54, 1.807) is 6.92 Å². The van der Waals surface area contributed by atoms with E-state index in [-0.39, 0.29) is 51.4 Å². The first-order valence-corrected chi connectivity index (χ1v) is 6.65. The molecule has 0 amide bonds. The Bertz CT molecular complexity index is 151. The zero-order valence-electron chi connectivity index (χ0n) is 9.05. The predicted molar refractivity (Wildman–Crippen MR) is 60.0 cm³/mol. The van der Waals surface area contributed by atoms with Gasteiger partial charge in [-0.15, -0.1) is 0 Å². The molecule has 0 heterocycles. The van der Waals surface area contributed by atoms with Crippen LogP contribution >= 0.6 is 12.2 Å². The van der Waals surface area contributed by atoms with E-state index >= 15 is 0 Å². The van der Waals surface area contributed by atoms with Gasteiger partial charge in [0.1, 0.15) is 5.05 Å². The first kappa shape index (κ1) is 17.1. The molecule has 0 atom stereocenters. The molecular formula is C7H16KO3SSi. The van der Waals surface area contributed by atoms with E-state index in [4.69, 9.17) is 25.5 Å². The summed E-state index contributed by atoms with van der Waals surface area (Å²) in [6.45, 7) is 8.56. The second-order valence-corrected chi connectivity index (χ2v) is 5.40. The van der Waals surface area contributed by atoms with Crippen LogP contribution in [0.25, 0.3) is 0 Å². The van der Waals surface area contributed by atoms with Crippen molar-refractivity contribution in [1.29, 1.82) is 0 Å². The SMILES string of the molecule is CCO[Si](C)(OCC)OC(C)=S.[K]. The monoisotopic (exact) mass is 247 g/mol. The topological polar surface area (TPSA) is 27.7 Å². The van der Waals surface area contributed by atoms with E-state index in [0.717, 1.165) is 0 Å². The molecule has 0 aliphatic heterocycles. The van der Waals surface area contributed by atoms with Crippen LogP contribution in [0, 0.1) is 0 Å². The summed E-state index contributed by atoms with van der Waals surface area (Å²) in [5, 5.41) is 0.478. The molecule has 73 valence electrons. The normalized spacial score (nSPS) is 10.5. The van der Waals surface area contributed by atoms with E-state index in [1.807, 2.05) is 20.4 Å².